The van der Waals surface area contributed by atoms with Crippen molar-refractivity contribution in [2.45, 2.75) is 19.9 Å². The highest BCUT2D eigenvalue weighted by atomic mass is 16.1. The van der Waals surface area contributed by atoms with Crippen LogP contribution in [0.1, 0.15) is 18.1 Å². The molecule has 0 amide bonds. The number of H-pyrrole nitrogens is 1. The van der Waals surface area contributed by atoms with Crippen LogP contribution in [0.5, 0.6) is 0 Å². The summed E-state index contributed by atoms with van der Waals surface area (Å²) in [5.41, 5.74) is 4.46. The minimum atomic E-state index is -0.190. The summed E-state index contributed by atoms with van der Waals surface area (Å²) in [4.78, 5) is 24.5. The Morgan fingerprint density at radius 2 is 1.74 bits per heavy atom. The Balaban J connectivity index is 1.75. The van der Waals surface area contributed by atoms with Crippen molar-refractivity contribution in [3.8, 4) is 11.1 Å². The van der Waals surface area contributed by atoms with Gasteiger partial charge in [0.1, 0.15) is 0 Å². The fraction of sp³-hybridized carbons (Fsp3) is 0.136. The summed E-state index contributed by atoms with van der Waals surface area (Å²) >= 11 is 0. The first-order valence-electron chi connectivity index (χ1n) is 9.01. The van der Waals surface area contributed by atoms with Gasteiger partial charge >= 0.3 is 0 Å². The van der Waals surface area contributed by atoms with Crippen LogP contribution >= 0.6 is 0 Å². The zero-order chi connectivity index (χ0) is 18.6. The quantitative estimate of drug-likeness (QED) is 0.563. The molecule has 134 valence electrons. The summed E-state index contributed by atoms with van der Waals surface area (Å²) in [6, 6.07) is 20.0. The van der Waals surface area contributed by atoms with Crippen LogP contribution < -0.4 is 10.9 Å². The number of nitrogens with zero attached hydrogens (tertiary/aromatic N) is 2. The number of pyridine rings is 1. The molecule has 0 saturated heterocycles. The number of hydrogen-bond donors (Lipinski definition) is 2. The van der Waals surface area contributed by atoms with Crippen molar-refractivity contribution in [2.75, 3.05) is 5.32 Å². The number of nitrogens with one attached hydrogen (secondary N) is 2. The summed E-state index contributed by atoms with van der Waals surface area (Å²) in [7, 11) is 0. The Kier molecular flexibility index (Phi) is 4.66. The summed E-state index contributed by atoms with van der Waals surface area (Å²) in [6.07, 6.45) is 2.60. The lowest BCUT2D eigenvalue weighted by Crippen LogP contribution is -2.14. The van der Waals surface area contributed by atoms with E-state index in [9.17, 15) is 4.79 Å². The predicted octanol–water partition coefficient (Wildman–Crippen LogP) is 4.16. The lowest BCUT2D eigenvalue weighted by atomic mass is 9.97. The van der Waals surface area contributed by atoms with Crippen molar-refractivity contribution in [3.05, 3.63) is 88.3 Å². The highest BCUT2D eigenvalue weighted by molar-refractivity contribution is 5.93. The second-order valence-electron chi connectivity index (χ2n) is 6.32. The molecule has 4 aromatic rings. The molecule has 5 heteroatoms. The third-order valence-electron chi connectivity index (χ3n) is 4.60. The molecule has 0 fully saturated rings. The minimum absolute atomic E-state index is 0.190. The van der Waals surface area contributed by atoms with Crippen LogP contribution in [0, 0.1) is 0 Å². The largest absolute Gasteiger partial charge is 0.352 e. The Labute approximate surface area is 157 Å². The molecule has 2 N–H and O–H groups in total. The molecule has 0 aliphatic rings. The molecule has 0 spiro atoms. The first-order chi connectivity index (χ1) is 13.3. The molecule has 0 aliphatic carbocycles. The predicted molar refractivity (Wildman–Crippen MR) is 109 cm³/mol. The maximum atomic E-state index is 12.8. The first kappa shape index (κ1) is 17.0. The maximum Gasteiger partial charge on any atom is 0.262 e. The van der Waals surface area contributed by atoms with Gasteiger partial charge in [0.25, 0.3) is 5.56 Å². The van der Waals surface area contributed by atoms with Crippen LogP contribution in [-0.2, 0) is 13.0 Å². The van der Waals surface area contributed by atoms with Crippen LogP contribution in [0.3, 0.4) is 0 Å². The van der Waals surface area contributed by atoms with E-state index in [1.165, 1.54) is 5.56 Å². The van der Waals surface area contributed by atoms with Crippen LogP contribution in [-0.4, -0.2) is 15.0 Å². The molecule has 2 heterocycles. The Morgan fingerprint density at radius 3 is 2.56 bits per heavy atom. The third kappa shape index (κ3) is 3.44. The second-order valence-corrected chi connectivity index (χ2v) is 6.32. The van der Waals surface area contributed by atoms with E-state index in [0.717, 1.165) is 23.1 Å². The molecule has 2 aromatic heterocycles. The van der Waals surface area contributed by atoms with E-state index in [4.69, 9.17) is 0 Å². The fourth-order valence-corrected chi connectivity index (χ4v) is 3.24. The van der Waals surface area contributed by atoms with Gasteiger partial charge in [0.2, 0.25) is 5.95 Å². The first-order valence-corrected chi connectivity index (χ1v) is 9.01. The average molecular weight is 356 g/mol. The van der Waals surface area contributed by atoms with Crippen LogP contribution in [0.2, 0.25) is 0 Å². The standard InChI is InChI=1S/C22H20N4O/c1-2-16-10-6-7-11-17(16)18-12-13-23-20-19(18)21(27)26-22(25-20)24-14-15-8-4-3-5-9-15/h3-13H,2,14H2,1H3,(H2,23,24,25,26,27). The number of rotatable bonds is 5. The van der Waals surface area contributed by atoms with Gasteiger partial charge in [-0.1, -0.05) is 61.5 Å². The van der Waals surface area contributed by atoms with Crippen LogP contribution in [0.4, 0.5) is 5.95 Å². The molecule has 0 saturated carbocycles. The van der Waals surface area contributed by atoms with Crippen molar-refractivity contribution in [3.63, 3.8) is 0 Å². The summed E-state index contributed by atoms with van der Waals surface area (Å²) < 4.78 is 0. The average Bonchev–Trinajstić information content (AvgIpc) is 2.72. The van der Waals surface area contributed by atoms with Crippen LogP contribution in [0.25, 0.3) is 22.2 Å². The van der Waals surface area contributed by atoms with Crippen molar-refractivity contribution in [2.24, 2.45) is 0 Å². The maximum absolute atomic E-state index is 12.8. The zero-order valence-corrected chi connectivity index (χ0v) is 15.1. The summed E-state index contributed by atoms with van der Waals surface area (Å²) in [5, 5.41) is 3.69. The van der Waals surface area contributed by atoms with E-state index in [1.54, 1.807) is 6.20 Å². The van der Waals surface area contributed by atoms with E-state index in [0.29, 0.717) is 23.5 Å². The molecule has 0 radical (unpaired) electrons. The Hall–Kier alpha value is -3.47. The molecule has 0 aliphatic heterocycles. The Bertz CT molecular complexity index is 1140. The number of benzene rings is 2. The van der Waals surface area contributed by atoms with Gasteiger partial charge in [0, 0.05) is 18.3 Å². The molecule has 0 atom stereocenters. The van der Waals surface area contributed by atoms with Crippen molar-refractivity contribution in [1.29, 1.82) is 0 Å². The minimum Gasteiger partial charge on any atom is -0.352 e. The molecular weight excluding hydrogens is 336 g/mol. The van der Waals surface area contributed by atoms with E-state index < -0.39 is 0 Å². The van der Waals surface area contributed by atoms with E-state index in [-0.39, 0.29) is 5.56 Å². The van der Waals surface area contributed by atoms with Crippen molar-refractivity contribution >= 4 is 17.0 Å². The summed E-state index contributed by atoms with van der Waals surface area (Å²) in [6.45, 7) is 2.68. The van der Waals surface area contributed by atoms with E-state index >= 15 is 0 Å². The normalized spacial score (nSPS) is 10.9. The number of aromatic nitrogens is 3. The van der Waals surface area contributed by atoms with Gasteiger partial charge < -0.3 is 5.32 Å². The monoisotopic (exact) mass is 356 g/mol. The number of anilines is 1. The molecule has 2 aromatic carbocycles. The SMILES string of the molecule is CCc1ccccc1-c1ccnc2nc(NCc3ccccc3)[nH]c(=O)c12. The van der Waals surface area contributed by atoms with E-state index in [2.05, 4.69) is 33.3 Å². The van der Waals surface area contributed by atoms with Crippen molar-refractivity contribution < 1.29 is 0 Å². The molecule has 0 bridgehead atoms. The van der Waals surface area contributed by atoms with Gasteiger partial charge in [-0.05, 0) is 29.2 Å². The highest BCUT2D eigenvalue weighted by Crippen LogP contribution is 2.28. The lowest BCUT2D eigenvalue weighted by Gasteiger charge is -2.11. The number of fused-ring (bicyclic) bond motifs is 1. The Morgan fingerprint density at radius 1 is 0.963 bits per heavy atom. The van der Waals surface area contributed by atoms with Gasteiger partial charge in [-0.15, -0.1) is 0 Å². The number of aromatic amines is 1. The second kappa shape index (κ2) is 7.41. The zero-order valence-electron chi connectivity index (χ0n) is 15.1. The number of aryl methyl sites for hydroxylation is 1. The van der Waals surface area contributed by atoms with Crippen LogP contribution in [0.15, 0.2) is 71.7 Å². The molecule has 4 rings (SSSR count). The van der Waals surface area contributed by atoms with Gasteiger partial charge in [-0.3, -0.25) is 9.78 Å². The number of hydrogen-bond acceptors (Lipinski definition) is 4. The smallest absolute Gasteiger partial charge is 0.262 e. The fourth-order valence-electron chi connectivity index (χ4n) is 3.24. The highest BCUT2D eigenvalue weighted by Gasteiger charge is 2.13. The van der Waals surface area contributed by atoms with Crippen molar-refractivity contribution in [1.82, 2.24) is 15.0 Å². The topological polar surface area (TPSA) is 70.7 Å². The molecular formula is C22H20N4O. The third-order valence-corrected chi connectivity index (χ3v) is 4.60. The molecule has 27 heavy (non-hydrogen) atoms. The van der Waals surface area contributed by atoms with Gasteiger partial charge in [-0.25, -0.2) is 4.98 Å². The van der Waals surface area contributed by atoms with Gasteiger partial charge in [0.05, 0.1) is 5.39 Å². The lowest BCUT2D eigenvalue weighted by molar-refractivity contribution is 1.05. The van der Waals surface area contributed by atoms with E-state index in [1.807, 2.05) is 54.6 Å². The van der Waals surface area contributed by atoms with Gasteiger partial charge in [-0.2, -0.15) is 4.98 Å². The molecule has 5 nitrogen and oxygen atoms in total. The summed E-state index contributed by atoms with van der Waals surface area (Å²) in [5.74, 6) is 0.421. The molecule has 0 unspecified atom stereocenters. The van der Waals surface area contributed by atoms with Gasteiger partial charge in [0.15, 0.2) is 5.65 Å².